The molecule has 6 rings (SSSR count). The summed E-state index contributed by atoms with van der Waals surface area (Å²) < 4.78 is 24.4. The molecule has 0 radical (unpaired) electrons. The van der Waals surface area contributed by atoms with E-state index in [0.29, 0.717) is 57.0 Å². The average Bonchev–Trinajstić information content (AvgIpc) is 3.45. The fourth-order valence-electron chi connectivity index (χ4n) is 8.99. The standard InChI is InChI=1S/C23H35NO6/c1-19-7-8-21(27-9-10-28-21)14-22(19,25)18(24-26)13-15-16(19)3-5-20(2)17(15)4-6-23(20)29-11-12-30-23/h15-18,25H,3-14H2,1-2H3/t15-,16+,17+,18?,19-,20+,22+/m1/s1. The van der Waals surface area contributed by atoms with Crippen molar-refractivity contribution in [2.24, 2.45) is 33.8 Å². The van der Waals surface area contributed by atoms with Crippen molar-refractivity contribution >= 4 is 0 Å². The molecule has 2 heterocycles. The zero-order valence-electron chi connectivity index (χ0n) is 18.2. The second-order valence-corrected chi connectivity index (χ2v) is 11.3. The van der Waals surface area contributed by atoms with Gasteiger partial charge in [-0.3, -0.25) is 0 Å². The average molecular weight is 422 g/mol. The van der Waals surface area contributed by atoms with Gasteiger partial charge < -0.3 is 24.1 Å². The van der Waals surface area contributed by atoms with Gasteiger partial charge in [0.05, 0.1) is 26.4 Å². The minimum absolute atomic E-state index is 0.0303. The third-order valence-electron chi connectivity index (χ3n) is 10.6. The van der Waals surface area contributed by atoms with Gasteiger partial charge in [-0.15, -0.1) is 0 Å². The molecule has 6 aliphatic rings. The molecule has 0 aromatic heterocycles. The molecule has 7 heteroatoms. The number of nitrogens with zero attached hydrogens (tertiary/aromatic N) is 1. The molecule has 0 aromatic rings. The van der Waals surface area contributed by atoms with E-state index in [1.165, 1.54) is 0 Å². The van der Waals surface area contributed by atoms with Gasteiger partial charge in [-0.05, 0) is 49.9 Å². The third-order valence-corrected chi connectivity index (χ3v) is 10.6. The van der Waals surface area contributed by atoms with Crippen LogP contribution in [0.3, 0.4) is 0 Å². The minimum atomic E-state index is -1.18. The summed E-state index contributed by atoms with van der Waals surface area (Å²) in [7, 11) is 0. The van der Waals surface area contributed by atoms with Crippen LogP contribution in [0.5, 0.6) is 0 Å². The van der Waals surface area contributed by atoms with Crippen LogP contribution in [-0.4, -0.2) is 54.8 Å². The third kappa shape index (κ3) is 2.24. The van der Waals surface area contributed by atoms with Crippen molar-refractivity contribution in [1.82, 2.24) is 0 Å². The number of fused-ring (bicyclic) bond motifs is 6. The highest BCUT2D eigenvalue weighted by Gasteiger charge is 2.73. The second-order valence-electron chi connectivity index (χ2n) is 11.3. The number of hydrogen-bond acceptors (Lipinski definition) is 7. The molecule has 6 fully saturated rings. The predicted octanol–water partition coefficient (Wildman–Crippen LogP) is 3.38. The Morgan fingerprint density at radius 3 is 2.17 bits per heavy atom. The fourth-order valence-corrected chi connectivity index (χ4v) is 8.99. The smallest absolute Gasteiger partial charge is 0.174 e. The fraction of sp³-hybridized carbons (Fsp3) is 1.00. The van der Waals surface area contributed by atoms with Crippen molar-refractivity contribution in [2.45, 2.75) is 88.4 Å². The quantitative estimate of drug-likeness (QED) is 0.653. The lowest BCUT2D eigenvalue weighted by Crippen LogP contribution is -2.70. The Kier molecular flexibility index (Phi) is 4.18. The van der Waals surface area contributed by atoms with E-state index in [4.69, 9.17) is 18.9 Å². The molecular formula is C23H35NO6. The lowest BCUT2D eigenvalue weighted by molar-refractivity contribution is -0.298. The van der Waals surface area contributed by atoms with Crippen molar-refractivity contribution in [3.05, 3.63) is 4.91 Å². The Hall–Kier alpha value is -0.600. The Labute approximate surface area is 178 Å². The van der Waals surface area contributed by atoms with Gasteiger partial charge in [0.25, 0.3) is 0 Å². The second kappa shape index (κ2) is 6.25. The minimum Gasteiger partial charge on any atom is -0.387 e. The number of hydrogen-bond donors (Lipinski definition) is 1. The first-order valence-electron chi connectivity index (χ1n) is 11.9. The molecular weight excluding hydrogens is 386 g/mol. The van der Waals surface area contributed by atoms with E-state index in [2.05, 4.69) is 19.0 Å². The first kappa shape index (κ1) is 20.0. The molecule has 4 aliphatic carbocycles. The van der Waals surface area contributed by atoms with Crippen molar-refractivity contribution in [3.63, 3.8) is 0 Å². The molecule has 1 unspecified atom stereocenters. The Bertz CT molecular complexity index is 733. The molecule has 2 spiro atoms. The van der Waals surface area contributed by atoms with Crippen molar-refractivity contribution in [2.75, 3.05) is 26.4 Å². The first-order valence-corrected chi connectivity index (χ1v) is 11.9. The van der Waals surface area contributed by atoms with Crippen LogP contribution in [0.4, 0.5) is 0 Å². The van der Waals surface area contributed by atoms with Crippen LogP contribution in [0.25, 0.3) is 0 Å². The zero-order valence-corrected chi connectivity index (χ0v) is 18.2. The SMILES string of the molecule is C[C@]12CC[C@H]3[C@@H](CC(N=O)[C@@]4(O)CC5(CC[C@]34C)OCCO5)[C@@H]1CCC21OCCO1. The van der Waals surface area contributed by atoms with Gasteiger partial charge in [0.1, 0.15) is 11.6 Å². The van der Waals surface area contributed by atoms with Gasteiger partial charge in [-0.2, -0.15) is 4.91 Å². The summed E-state index contributed by atoms with van der Waals surface area (Å²) in [6, 6.07) is -0.627. The van der Waals surface area contributed by atoms with E-state index in [0.717, 1.165) is 38.5 Å². The lowest BCUT2D eigenvalue weighted by Gasteiger charge is -2.66. The molecule has 2 saturated heterocycles. The van der Waals surface area contributed by atoms with Crippen LogP contribution in [0, 0.1) is 33.5 Å². The van der Waals surface area contributed by atoms with Crippen molar-refractivity contribution < 1.29 is 24.1 Å². The summed E-state index contributed by atoms with van der Waals surface area (Å²) in [5.41, 5.74) is -1.57. The Morgan fingerprint density at radius 1 is 0.833 bits per heavy atom. The number of aliphatic hydroxyl groups is 1. The molecule has 0 bridgehead atoms. The van der Waals surface area contributed by atoms with Crippen LogP contribution in [0.2, 0.25) is 0 Å². The van der Waals surface area contributed by atoms with E-state index in [1.54, 1.807) is 0 Å². The molecule has 7 atom stereocenters. The molecule has 4 saturated carbocycles. The highest BCUT2D eigenvalue weighted by atomic mass is 16.7. The number of nitroso groups, excluding NO2 is 1. The topological polar surface area (TPSA) is 86.6 Å². The Morgan fingerprint density at radius 2 is 1.47 bits per heavy atom. The van der Waals surface area contributed by atoms with Gasteiger partial charge >= 0.3 is 0 Å². The molecule has 1 N–H and O–H groups in total. The summed E-state index contributed by atoms with van der Waals surface area (Å²) in [4.78, 5) is 12.1. The van der Waals surface area contributed by atoms with Gasteiger partial charge in [0.2, 0.25) is 0 Å². The normalized spacial score (nSPS) is 53.4. The van der Waals surface area contributed by atoms with Crippen LogP contribution in [0.1, 0.15) is 65.2 Å². The summed E-state index contributed by atoms with van der Waals surface area (Å²) in [6.07, 6.45) is 6.65. The van der Waals surface area contributed by atoms with Crippen molar-refractivity contribution in [3.8, 4) is 0 Å². The predicted molar refractivity (Wildman–Crippen MR) is 107 cm³/mol. The van der Waals surface area contributed by atoms with E-state index in [9.17, 15) is 10.0 Å². The van der Waals surface area contributed by atoms with Gasteiger partial charge in [-0.25, -0.2) is 0 Å². The zero-order chi connectivity index (χ0) is 20.8. The van der Waals surface area contributed by atoms with E-state index in [1.807, 2.05) is 0 Å². The summed E-state index contributed by atoms with van der Waals surface area (Å²) in [6.45, 7) is 7.01. The molecule has 168 valence electrons. The molecule has 7 nitrogen and oxygen atoms in total. The largest absolute Gasteiger partial charge is 0.387 e. The summed E-state index contributed by atoms with van der Waals surface area (Å²) in [5, 5.41) is 15.6. The summed E-state index contributed by atoms with van der Waals surface area (Å²) >= 11 is 0. The maximum atomic E-state index is 12.1. The van der Waals surface area contributed by atoms with Crippen LogP contribution in [-0.2, 0) is 18.9 Å². The first-order chi connectivity index (χ1) is 14.3. The van der Waals surface area contributed by atoms with E-state index >= 15 is 0 Å². The molecule has 0 amide bonds. The maximum Gasteiger partial charge on any atom is 0.174 e. The van der Waals surface area contributed by atoms with E-state index < -0.39 is 23.2 Å². The highest BCUT2D eigenvalue weighted by Crippen LogP contribution is 2.71. The maximum absolute atomic E-state index is 12.1. The lowest BCUT2D eigenvalue weighted by atomic mass is 9.42. The highest BCUT2D eigenvalue weighted by molar-refractivity contribution is 5.21. The van der Waals surface area contributed by atoms with Crippen molar-refractivity contribution in [1.29, 1.82) is 0 Å². The van der Waals surface area contributed by atoms with Gasteiger partial charge in [0, 0.05) is 30.1 Å². The summed E-state index contributed by atoms with van der Waals surface area (Å²) in [5.74, 6) is -0.0215. The monoisotopic (exact) mass is 421 g/mol. The number of rotatable bonds is 1. The number of ether oxygens (including phenoxy) is 4. The van der Waals surface area contributed by atoms with Gasteiger partial charge in [-0.1, -0.05) is 19.0 Å². The van der Waals surface area contributed by atoms with Crippen LogP contribution < -0.4 is 0 Å². The van der Waals surface area contributed by atoms with Gasteiger partial charge in [0.15, 0.2) is 11.6 Å². The molecule has 2 aliphatic heterocycles. The molecule has 30 heavy (non-hydrogen) atoms. The Balaban J connectivity index is 1.37. The van der Waals surface area contributed by atoms with Crippen LogP contribution in [0.15, 0.2) is 5.18 Å². The van der Waals surface area contributed by atoms with Crippen LogP contribution >= 0.6 is 0 Å². The van der Waals surface area contributed by atoms with E-state index in [-0.39, 0.29) is 10.8 Å². The molecule has 0 aromatic carbocycles.